The van der Waals surface area contributed by atoms with Gasteiger partial charge in [-0.1, -0.05) is 44.4 Å². The third-order valence-electron chi connectivity index (χ3n) is 4.28. The van der Waals surface area contributed by atoms with Gasteiger partial charge in [-0.25, -0.2) is 4.98 Å². The van der Waals surface area contributed by atoms with Crippen molar-refractivity contribution < 1.29 is 0 Å². The summed E-state index contributed by atoms with van der Waals surface area (Å²) in [7, 11) is 0. The Kier molecular flexibility index (Phi) is 3.97. The Labute approximate surface area is 128 Å². The lowest BCUT2D eigenvalue weighted by Gasteiger charge is -2.23. The van der Waals surface area contributed by atoms with Gasteiger partial charge in [0.2, 0.25) is 10.1 Å². The van der Waals surface area contributed by atoms with Crippen molar-refractivity contribution in [3.63, 3.8) is 0 Å². The highest BCUT2D eigenvalue weighted by atomic mass is 32.1. The molecule has 1 saturated carbocycles. The zero-order valence-electron chi connectivity index (χ0n) is 12.7. The van der Waals surface area contributed by atoms with Crippen molar-refractivity contribution in [2.75, 3.05) is 11.9 Å². The fraction of sp³-hybridized carbons (Fsp3) is 0.667. The first-order chi connectivity index (χ1) is 10.1. The maximum Gasteiger partial charge on any atom is 0.275 e. The number of fused-ring (bicyclic) bond motifs is 1. The average Bonchev–Trinajstić information content (AvgIpc) is 3.04. The van der Waals surface area contributed by atoms with E-state index in [0.29, 0.717) is 10.4 Å². The predicted octanol–water partition coefficient (Wildman–Crippen LogP) is 3.10. The molecule has 21 heavy (non-hydrogen) atoms. The average molecular weight is 306 g/mol. The maximum atomic E-state index is 12.1. The number of aromatic nitrogens is 3. The first kappa shape index (κ1) is 14.5. The van der Waals surface area contributed by atoms with E-state index in [9.17, 15) is 4.79 Å². The van der Waals surface area contributed by atoms with E-state index in [4.69, 9.17) is 0 Å². The summed E-state index contributed by atoms with van der Waals surface area (Å²) >= 11 is 1.46. The zero-order valence-corrected chi connectivity index (χ0v) is 13.5. The minimum absolute atomic E-state index is 0.0835. The Bertz CT molecular complexity index is 685. The van der Waals surface area contributed by atoms with Crippen molar-refractivity contribution in [2.45, 2.75) is 52.4 Å². The van der Waals surface area contributed by atoms with Gasteiger partial charge < -0.3 is 5.32 Å². The fourth-order valence-corrected chi connectivity index (χ4v) is 3.83. The van der Waals surface area contributed by atoms with Crippen LogP contribution in [0.3, 0.4) is 0 Å². The van der Waals surface area contributed by atoms with Gasteiger partial charge in [-0.2, -0.15) is 4.52 Å². The van der Waals surface area contributed by atoms with E-state index in [0.717, 1.165) is 30.2 Å². The Morgan fingerprint density at radius 3 is 2.90 bits per heavy atom. The zero-order chi connectivity index (χ0) is 14.9. The standard InChI is InChI=1S/C15H22N4OS/c1-3-6-11-9-12(20)19-14(17-11)21-13(18-19)16-10-15(2)7-4-5-8-15/h9H,3-8,10H2,1-2H3,(H,16,18). The summed E-state index contributed by atoms with van der Waals surface area (Å²) in [6.07, 6.45) is 7.00. The van der Waals surface area contributed by atoms with Crippen molar-refractivity contribution in [2.24, 2.45) is 5.41 Å². The van der Waals surface area contributed by atoms with Gasteiger partial charge >= 0.3 is 0 Å². The van der Waals surface area contributed by atoms with Crippen LogP contribution in [0.1, 0.15) is 51.6 Å². The van der Waals surface area contributed by atoms with Gasteiger partial charge in [0.1, 0.15) is 0 Å². The Balaban J connectivity index is 1.80. The summed E-state index contributed by atoms with van der Waals surface area (Å²) in [6.45, 7) is 5.33. The second-order valence-corrected chi connectivity index (χ2v) is 7.26. The number of anilines is 1. The molecule has 1 aliphatic rings. The smallest absolute Gasteiger partial charge is 0.275 e. The van der Waals surface area contributed by atoms with Gasteiger partial charge in [0.25, 0.3) is 5.56 Å². The topological polar surface area (TPSA) is 59.3 Å². The van der Waals surface area contributed by atoms with E-state index < -0.39 is 0 Å². The van der Waals surface area contributed by atoms with Crippen LogP contribution in [0.15, 0.2) is 10.9 Å². The lowest BCUT2D eigenvalue weighted by Crippen LogP contribution is -2.23. The minimum Gasteiger partial charge on any atom is -0.360 e. The SMILES string of the molecule is CCCc1cc(=O)n2nc(NCC3(C)CCCC3)sc2n1. The number of nitrogens with zero attached hydrogens (tertiary/aromatic N) is 3. The van der Waals surface area contributed by atoms with E-state index in [1.807, 2.05) is 0 Å². The van der Waals surface area contributed by atoms with Crippen molar-refractivity contribution in [1.82, 2.24) is 14.6 Å². The summed E-state index contributed by atoms with van der Waals surface area (Å²) in [5.41, 5.74) is 1.14. The predicted molar refractivity (Wildman–Crippen MR) is 86.2 cm³/mol. The van der Waals surface area contributed by atoms with E-state index in [1.54, 1.807) is 6.07 Å². The highest BCUT2D eigenvalue weighted by Crippen LogP contribution is 2.37. The van der Waals surface area contributed by atoms with Crippen LogP contribution in [-0.2, 0) is 6.42 Å². The highest BCUT2D eigenvalue weighted by Gasteiger charge is 2.28. The van der Waals surface area contributed by atoms with Crippen molar-refractivity contribution in [3.8, 4) is 0 Å². The van der Waals surface area contributed by atoms with Crippen LogP contribution >= 0.6 is 11.3 Å². The minimum atomic E-state index is -0.0835. The Hall–Kier alpha value is -1.43. The quantitative estimate of drug-likeness (QED) is 0.922. The summed E-state index contributed by atoms with van der Waals surface area (Å²) in [5.74, 6) is 0. The van der Waals surface area contributed by atoms with Crippen LogP contribution in [0.4, 0.5) is 5.13 Å². The first-order valence-corrected chi connectivity index (χ1v) is 8.55. The van der Waals surface area contributed by atoms with Crippen LogP contribution in [-0.4, -0.2) is 21.1 Å². The monoisotopic (exact) mass is 306 g/mol. The lowest BCUT2D eigenvalue weighted by molar-refractivity contribution is 0.362. The van der Waals surface area contributed by atoms with Gasteiger partial charge in [-0.3, -0.25) is 4.79 Å². The molecule has 1 fully saturated rings. The molecule has 0 spiro atoms. The third kappa shape index (κ3) is 3.10. The molecule has 2 aromatic rings. The molecular weight excluding hydrogens is 284 g/mol. The molecule has 6 heteroatoms. The highest BCUT2D eigenvalue weighted by molar-refractivity contribution is 7.20. The van der Waals surface area contributed by atoms with Gasteiger partial charge in [0.15, 0.2) is 0 Å². The number of hydrogen-bond donors (Lipinski definition) is 1. The second kappa shape index (κ2) is 5.75. The molecule has 0 radical (unpaired) electrons. The van der Waals surface area contributed by atoms with Crippen molar-refractivity contribution in [1.29, 1.82) is 0 Å². The molecule has 0 unspecified atom stereocenters. The van der Waals surface area contributed by atoms with Crippen LogP contribution < -0.4 is 10.9 Å². The van der Waals surface area contributed by atoms with Crippen LogP contribution in [0, 0.1) is 5.41 Å². The summed E-state index contributed by atoms with van der Waals surface area (Å²) in [4.78, 5) is 17.3. The summed E-state index contributed by atoms with van der Waals surface area (Å²) < 4.78 is 1.41. The van der Waals surface area contributed by atoms with E-state index >= 15 is 0 Å². The van der Waals surface area contributed by atoms with Gasteiger partial charge in [0.05, 0.1) is 0 Å². The normalized spacial score (nSPS) is 17.4. The van der Waals surface area contributed by atoms with E-state index in [-0.39, 0.29) is 5.56 Å². The molecule has 0 bridgehead atoms. The molecule has 3 rings (SSSR count). The Morgan fingerprint density at radius 1 is 1.43 bits per heavy atom. The Morgan fingerprint density at radius 2 is 2.19 bits per heavy atom. The van der Waals surface area contributed by atoms with Crippen LogP contribution in [0.5, 0.6) is 0 Å². The lowest BCUT2D eigenvalue weighted by atomic mass is 9.89. The number of hydrogen-bond acceptors (Lipinski definition) is 5. The molecule has 0 amide bonds. The van der Waals surface area contributed by atoms with Gasteiger partial charge in [-0.05, 0) is 24.7 Å². The number of aryl methyl sites for hydroxylation is 1. The van der Waals surface area contributed by atoms with Gasteiger partial charge in [0, 0.05) is 18.3 Å². The third-order valence-corrected chi connectivity index (χ3v) is 5.15. The van der Waals surface area contributed by atoms with Crippen LogP contribution in [0.25, 0.3) is 4.96 Å². The largest absolute Gasteiger partial charge is 0.360 e. The molecular formula is C15H22N4OS. The molecule has 0 saturated heterocycles. The molecule has 1 aliphatic carbocycles. The number of nitrogens with one attached hydrogen (secondary N) is 1. The molecule has 114 valence electrons. The second-order valence-electron chi connectivity index (χ2n) is 6.31. The molecule has 0 aromatic carbocycles. The summed E-state index contributed by atoms with van der Waals surface area (Å²) in [6, 6.07) is 1.60. The van der Waals surface area contributed by atoms with E-state index in [1.165, 1.54) is 41.5 Å². The number of rotatable bonds is 5. The molecule has 0 aliphatic heterocycles. The molecule has 2 heterocycles. The molecule has 2 aromatic heterocycles. The van der Waals surface area contributed by atoms with Crippen molar-refractivity contribution in [3.05, 3.63) is 22.1 Å². The molecule has 1 N–H and O–H groups in total. The van der Waals surface area contributed by atoms with Crippen LogP contribution in [0.2, 0.25) is 0 Å². The molecule has 0 atom stereocenters. The van der Waals surface area contributed by atoms with E-state index in [2.05, 4.69) is 29.2 Å². The fourth-order valence-electron chi connectivity index (χ4n) is 3.01. The van der Waals surface area contributed by atoms with Crippen molar-refractivity contribution >= 4 is 21.4 Å². The molecule has 5 nitrogen and oxygen atoms in total. The first-order valence-electron chi connectivity index (χ1n) is 7.73. The maximum absolute atomic E-state index is 12.1. The summed E-state index contributed by atoms with van der Waals surface area (Å²) in [5, 5.41) is 8.55. The van der Waals surface area contributed by atoms with Gasteiger partial charge in [-0.15, -0.1) is 5.10 Å².